The summed E-state index contributed by atoms with van der Waals surface area (Å²) >= 11 is 0. The van der Waals surface area contributed by atoms with E-state index in [1.807, 2.05) is 0 Å². The number of hydrogen-bond acceptors (Lipinski definition) is 4. The third kappa shape index (κ3) is 1.80. The highest BCUT2D eigenvalue weighted by atomic mass is 16.5. The summed E-state index contributed by atoms with van der Waals surface area (Å²) in [5, 5.41) is 3.96. The summed E-state index contributed by atoms with van der Waals surface area (Å²) in [6.07, 6.45) is 3.14. The molecule has 2 atom stereocenters. The summed E-state index contributed by atoms with van der Waals surface area (Å²) in [7, 11) is 0. The van der Waals surface area contributed by atoms with Gasteiger partial charge in [-0.2, -0.15) is 4.98 Å². The lowest BCUT2D eigenvalue weighted by molar-refractivity contribution is 0.348. The van der Waals surface area contributed by atoms with Crippen LogP contribution in [0, 0.1) is 0 Å². The van der Waals surface area contributed by atoms with Gasteiger partial charge in [0.05, 0.1) is 0 Å². The molecule has 0 saturated heterocycles. The van der Waals surface area contributed by atoms with Crippen molar-refractivity contribution in [3.8, 4) is 0 Å². The second-order valence-corrected chi connectivity index (χ2v) is 4.42. The zero-order chi connectivity index (χ0) is 10.1. The molecule has 1 aliphatic rings. The Balaban J connectivity index is 2.09. The SMILES string of the molecule is CC(C)c1noc([C@@H]2CC[C@H](N)C2)n1. The van der Waals surface area contributed by atoms with Gasteiger partial charge in [-0.25, -0.2) is 0 Å². The molecule has 4 heteroatoms. The fourth-order valence-corrected chi connectivity index (χ4v) is 1.89. The van der Waals surface area contributed by atoms with Gasteiger partial charge in [0.1, 0.15) is 0 Å². The minimum Gasteiger partial charge on any atom is -0.339 e. The molecule has 0 unspecified atom stereocenters. The Morgan fingerprint density at radius 1 is 1.43 bits per heavy atom. The number of hydrogen-bond donors (Lipinski definition) is 1. The Morgan fingerprint density at radius 3 is 2.71 bits per heavy atom. The van der Waals surface area contributed by atoms with E-state index in [9.17, 15) is 0 Å². The van der Waals surface area contributed by atoms with Gasteiger partial charge in [0.15, 0.2) is 5.82 Å². The smallest absolute Gasteiger partial charge is 0.229 e. The molecule has 0 amide bonds. The van der Waals surface area contributed by atoms with Gasteiger partial charge < -0.3 is 10.3 Å². The van der Waals surface area contributed by atoms with Gasteiger partial charge in [0.2, 0.25) is 5.89 Å². The first-order valence-electron chi connectivity index (χ1n) is 5.26. The summed E-state index contributed by atoms with van der Waals surface area (Å²) in [6.45, 7) is 4.13. The van der Waals surface area contributed by atoms with Gasteiger partial charge in [0.25, 0.3) is 0 Å². The molecular formula is C10H17N3O. The first-order valence-corrected chi connectivity index (χ1v) is 5.26. The van der Waals surface area contributed by atoms with Crippen LogP contribution >= 0.6 is 0 Å². The van der Waals surface area contributed by atoms with E-state index in [0.29, 0.717) is 17.9 Å². The van der Waals surface area contributed by atoms with Gasteiger partial charge >= 0.3 is 0 Å². The molecule has 1 aromatic heterocycles. The highest BCUT2D eigenvalue weighted by molar-refractivity contribution is 5.00. The van der Waals surface area contributed by atoms with Crippen molar-refractivity contribution in [2.24, 2.45) is 5.73 Å². The van der Waals surface area contributed by atoms with Crippen molar-refractivity contribution in [3.05, 3.63) is 11.7 Å². The molecule has 2 rings (SSSR count). The maximum Gasteiger partial charge on any atom is 0.229 e. The maximum absolute atomic E-state index is 5.84. The quantitative estimate of drug-likeness (QED) is 0.781. The number of aromatic nitrogens is 2. The van der Waals surface area contributed by atoms with Crippen LogP contribution in [0.2, 0.25) is 0 Å². The molecule has 14 heavy (non-hydrogen) atoms. The van der Waals surface area contributed by atoms with Gasteiger partial charge in [0, 0.05) is 17.9 Å². The molecule has 1 aromatic rings. The lowest BCUT2D eigenvalue weighted by Crippen LogP contribution is -2.14. The summed E-state index contributed by atoms with van der Waals surface area (Å²) in [5.74, 6) is 2.31. The van der Waals surface area contributed by atoms with Crippen LogP contribution in [0.25, 0.3) is 0 Å². The zero-order valence-corrected chi connectivity index (χ0v) is 8.73. The molecule has 0 spiro atoms. The molecular weight excluding hydrogens is 178 g/mol. The van der Waals surface area contributed by atoms with E-state index >= 15 is 0 Å². The summed E-state index contributed by atoms with van der Waals surface area (Å²) in [5.41, 5.74) is 5.84. The van der Waals surface area contributed by atoms with Gasteiger partial charge in [-0.3, -0.25) is 0 Å². The van der Waals surface area contributed by atoms with Crippen LogP contribution in [0.15, 0.2) is 4.52 Å². The minimum absolute atomic E-state index is 0.314. The predicted molar refractivity (Wildman–Crippen MR) is 53.0 cm³/mol. The van der Waals surface area contributed by atoms with E-state index in [4.69, 9.17) is 10.3 Å². The standard InChI is InChI=1S/C10H17N3O/c1-6(2)9-12-10(14-13-9)7-3-4-8(11)5-7/h6-8H,3-5,11H2,1-2H3/t7-,8+/m1/s1. The topological polar surface area (TPSA) is 64.9 Å². The summed E-state index contributed by atoms with van der Waals surface area (Å²) < 4.78 is 5.24. The van der Waals surface area contributed by atoms with E-state index in [1.165, 1.54) is 0 Å². The van der Waals surface area contributed by atoms with Gasteiger partial charge in [-0.15, -0.1) is 0 Å². The van der Waals surface area contributed by atoms with Crippen molar-refractivity contribution < 1.29 is 4.52 Å². The molecule has 78 valence electrons. The lowest BCUT2D eigenvalue weighted by atomic mass is 10.1. The molecule has 0 bridgehead atoms. The Bertz CT molecular complexity index is 308. The third-order valence-corrected chi connectivity index (χ3v) is 2.80. The highest BCUT2D eigenvalue weighted by Crippen LogP contribution is 2.32. The van der Waals surface area contributed by atoms with Crippen LogP contribution in [-0.2, 0) is 0 Å². The zero-order valence-electron chi connectivity index (χ0n) is 8.73. The van der Waals surface area contributed by atoms with E-state index < -0.39 is 0 Å². The lowest BCUT2D eigenvalue weighted by Gasteiger charge is -2.01. The molecule has 1 saturated carbocycles. The average Bonchev–Trinajstić information content (AvgIpc) is 2.70. The van der Waals surface area contributed by atoms with Crippen molar-refractivity contribution in [1.29, 1.82) is 0 Å². The van der Waals surface area contributed by atoms with Crippen LogP contribution in [-0.4, -0.2) is 16.2 Å². The largest absolute Gasteiger partial charge is 0.339 e. The van der Waals surface area contributed by atoms with E-state index in [1.54, 1.807) is 0 Å². The van der Waals surface area contributed by atoms with Crippen LogP contribution < -0.4 is 5.73 Å². The highest BCUT2D eigenvalue weighted by Gasteiger charge is 2.27. The first kappa shape index (κ1) is 9.65. The van der Waals surface area contributed by atoms with E-state index in [-0.39, 0.29) is 0 Å². The Hall–Kier alpha value is -0.900. The molecule has 1 aliphatic carbocycles. The van der Waals surface area contributed by atoms with Crippen LogP contribution in [0.1, 0.15) is 56.7 Å². The molecule has 4 nitrogen and oxygen atoms in total. The van der Waals surface area contributed by atoms with Gasteiger partial charge in [-0.1, -0.05) is 19.0 Å². The Morgan fingerprint density at radius 2 is 2.21 bits per heavy atom. The summed E-state index contributed by atoms with van der Waals surface area (Å²) in [4.78, 5) is 4.39. The minimum atomic E-state index is 0.314. The molecule has 0 radical (unpaired) electrons. The van der Waals surface area contributed by atoms with Crippen LogP contribution in [0.5, 0.6) is 0 Å². The van der Waals surface area contributed by atoms with Crippen molar-refractivity contribution in [2.75, 3.05) is 0 Å². The van der Waals surface area contributed by atoms with Crippen molar-refractivity contribution in [2.45, 2.75) is 51.0 Å². The van der Waals surface area contributed by atoms with E-state index in [0.717, 1.165) is 31.0 Å². The number of nitrogens with two attached hydrogens (primary N) is 1. The summed E-state index contributed by atoms with van der Waals surface area (Å²) in [6, 6.07) is 0.314. The maximum atomic E-state index is 5.84. The van der Waals surface area contributed by atoms with E-state index in [2.05, 4.69) is 24.0 Å². The van der Waals surface area contributed by atoms with Crippen LogP contribution in [0.4, 0.5) is 0 Å². The Labute approximate surface area is 83.9 Å². The average molecular weight is 195 g/mol. The van der Waals surface area contributed by atoms with Crippen molar-refractivity contribution in [1.82, 2.24) is 10.1 Å². The number of nitrogens with zero attached hydrogens (tertiary/aromatic N) is 2. The van der Waals surface area contributed by atoms with Crippen LogP contribution in [0.3, 0.4) is 0 Å². The molecule has 0 aliphatic heterocycles. The monoisotopic (exact) mass is 195 g/mol. The fourth-order valence-electron chi connectivity index (χ4n) is 1.89. The molecule has 0 aromatic carbocycles. The van der Waals surface area contributed by atoms with Gasteiger partial charge in [-0.05, 0) is 19.3 Å². The second-order valence-electron chi connectivity index (χ2n) is 4.42. The predicted octanol–water partition coefficient (Wildman–Crippen LogP) is 1.79. The number of rotatable bonds is 2. The van der Waals surface area contributed by atoms with Crippen molar-refractivity contribution >= 4 is 0 Å². The third-order valence-electron chi connectivity index (χ3n) is 2.80. The molecule has 1 heterocycles. The molecule has 1 fully saturated rings. The van der Waals surface area contributed by atoms with Crippen molar-refractivity contribution in [3.63, 3.8) is 0 Å². The fraction of sp³-hybridized carbons (Fsp3) is 0.800. The first-order chi connectivity index (χ1) is 6.66. The normalized spacial score (nSPS) is 27.4. The Kier molecular flexibility index (Phi) is 2.54. The molecule has 2 N–H and O–H groups in total. The second kappa shape index (κ2) is 3.69.